The molecule has 0 radical (unpaired) electrons. The molecule has 0 aromatic heterocycles. The molecule has 0 aliphatic carbocycles. The lowest BCUT2D eigenvalue weighted by atomic mass is 10.1. The Bertz CT molecular complexity index is 605. The van der Waals surface area contributed by atoms with E-state index in [0.29, 0.717) is 6.04 Å². The topological polar surface area (TPSA) is 18.5 Å². The van der Waals surface area contributed by atoms with Crippen molar-refractivity contribution in [3.63, 3.8) is 0 Å². The summed E-state index contributed by atoms with van der Waals surface area (Å²) in [5, 5.41) is 3.60. The van der Waals surface area contributed by atoms with E-state index in [4.69, 9.17) is 0 Å². The van der Waals surface area contributed by atoms with Crippen molar-refractivity contribution in [2.75, 3.05) is 23.8 Å². The van der Waals surface area contributed by atoms with Crippen LogP contribution in [0.1, 0.15) is 11.6 Å². The van der Waals surface area contributed by atoms with Gasteiger partial charge in [-0.25, -0.2) is 0 Å². The summed E-state index contributed by atoms with van der Waals surface area (Å²) >= 11 is 0. The van der Waals surface area contributed by atoms with Gasteiger partial charge in [-0.1, -0.05) is 42.5 Å². The van der Waals surface area contributed by atoms with E-state index in [2.05, 4.69) is 76.8 Å². The van der Waals surface area contributed by atoms with Crippen LogP contribution in [-0.4, -0.2) is 24.8 Å². The molecule has 1 fully saturated rings. The number of halogens is 2. The second kappa shape index (κ2) is 6.14. The van der Waals surface area contributed by atoms with Crippen molar-refractivity contribution in [3.8, 4) is 0 Å². The van der Waals surface area contributed by atoms with Gasteiger partial charge in [-0.2, -0.15) is 0 Å². The lowest BCUT2D eigenvalue weighted by molar-refractivity contribution is 0.269. The minimum absolute atomic E-state index is 0. The van der Waals surface area contributed by atoms with Crippen molar-refractivity contribution < 1.29 is 0 Å². The molecule has 1 saturated heterocycles. The van der Waals surface area contributed by atoms with Gasteiger partial charge in [-0.15, -0.1) is 24.8 Å². The highest BCUT2D eigenvalue weighted by Crippen LogP contribution is 2.42. The van der Waals surface area contributed by atoms with Gasteiger partial charge in [0, 0.05) is 6.54 Å². The van der Waals surface area contributed by atoms with Gasteiger partial charge in [-0.3, -0.25) is 4.90 Å². The minimum atomic E-state index is 0. The van der Waals surface area contributed by atoms with Crippen LogP contribution in [0.5, 0.6) is 0 Å². The molecular weight excluding hydrogens is 305 g/mol. The number of nitrogens with one attached hydrogen (secondary N) is 1. The Balaban J connectivity index is 0.000000807. The molecule has 2 aliphatic rings. The molecule has 3 nitrogen and oxygen atoms in total. The molecule has 2 heterocycles. The van der Waals surface area contributed by atoms with Gasteiger partial charge in [0.2, 0.25) is 0 Å². The van der Waals surface area contributed by atoms with E-state index in [9.17, 15) is 0 Å². The average Bonchev–Trinajstić information content (AvgIpc) is 2.98. The summed E-state index contributed by atoms with van der Waals surface area (Å²) < 4.78 is 0. The predicted octanol–water partition coefficient (Wildman–Crippen LogP) is 3.73. The standard InChI is InChI=1S/C16H17N3.2ClH/c1-18-15(12-7-3-2-4-8-12)11-19-14-10-6-5-9-13(14)17-16(18)19;;/h2-10,15-17H,11H2,1H3;2*1H. The van der Waals surface area contributed by atoms with Crippen LogP contribution in [0.4, 0.5) is 11.4 Å². The van der Waals surface area contributed by atoms with Crippen LogP contribution in [-0.2, 0) is 0 Å². The van der Waals surface area contributed by atoms with E-state index in [1.54, 1.807) is 0 Å². The lowest BCUT2D eigenvalue weighted by Gasteiger charge is -2.24. The molecule has 2 unspecified atom stereocenters. The molecule has 2 aromatic rings. The summed E-state index contributed by atoms with van der Waals surface area (Å²) in [5.74, 6) is 0. The van der Waals surface area contributed by atoms with E-state index < -0.39 is 0 Å². The highest BCUT2D eigenvalue weighted by Gasteiger charge is 2.42. The summed E-state index contributed by atoms with van der Waals surface area (Å²) in [6.45, 7) is 1.04. The zero-order chi connectivity index (χ0) is 12.8. The highest BCUT2D eigenvalue weighted by atomic mass is 35.5. The Morgan fingerprint density at radius 2 is 1.62 bits per heavy atom. The Morgan fingerprint density at radius 1 is 0.952 bits per heavy atom. The Labute approximate surface area is 137 Å². The number of hydrogen-bond donors (Lipinski definition) is 1. The number of fused-ring (bicyclic) bond motifs is 3. The third-order valence-corrected chi connectivity index (χ3v) is 4.22. The number of rotatable bonds is 1. The molecule has 1 N–H and O–H groups in total. The van der Waals surface area contributed by atoms with Gasteiger partial charge < -0.3 is 10.2 Å². The Kier molecular flexibility index (Phi) is 4.67. The fourth-order valence-corrected chi connectivity index (χ4v) is 3.22. The number of likely N-dealkylation sites (N-methyl/N-ethyl adjacent to an activating group) is 1. The van der Waals surface area contributed by atoms with Crippen LogP contribution < -0.4 is 10.2 Å². The number of nitrogens with zero attached hydrogens (tertiary/aromatic N) is 2. The fraction of sp³-hybridized carbons (Fsp3) is 0.250. The molecule has 112 valence electrons. The molecule has 0 bridgehead atoms. The van der Waals surface area contributed by atoms with Crippen molar-refractivity contribution in [1.82, 2.24) is 4.90 Å². The maximum Gasteiger partial charge on any atom is 0.158 e. The molecule has 21 heavy (non-hydrogen) atoms. The maximum atomic E-state index is 3.60. The summed E-state index contributed by atoms with van der Waals surface area (Å²) in [5.41, 5.74) is 3.95. The third kappa shape index (κ3) is 2.46. The first-order valence-electron chi connectivity index (χ1n) is 6.74. The zero-order valence-electron chi connectivity index (χ0n) is 11.8. The smallest absolute Gasteiger partial charge is 0.158 e. The van der Waals surface area contributed by atoms with E-state index in [-0.39, 0.29) is 31.1 Å². The number of hydrogen-bond acceptors (Lipinski definition) is 3. The van der Waals surface area contributed by atoms with Gasteiger partial charge in [0.05, 0.1) is 17.4 Å². The monoisotopic (exact) mass is 323 g/mol. The van der Waals surface area contributed by atoms with Crippen molar-refractivity contribution in [2.45, 2.75) is 12.3 Å². The van der Waals surface area contributed by atoms with E-state index in [0.717, 1.165) is 6.54 Å². The third-order valence-electron chi connectivity index (χ3n) is 4.22. The highest BCUT2D eigenvalue weighted by molar-refractivity contribution is 5.85. The van der Waals surface area contributed by atoms with Crippen molar-refractivity contribution >= 4 is 36.2 Å². The SMILES string of the molecule is CN1C(c2ccccc2)CN2c3ccccc3NC21.Cl.Cl. The molecule has 2 atom stereocenters. The lowest BCUT2D eigenvalue weighted by Crippen LogP contribution is -2.38. The Hall–Kier alpha value is -1.42. The van der Waals surface area contributed by atoms with Crippen LogP contribution in [0.25, 0.3) is 0 Å². The summed E-state index contributed by atoms with van der Waals surface area (Å²) in [6, 6.07) is 19.7. The zero-order valence-corrected chi connectivity index (χ0v) is 13.4. The second-order valence-electron chi connectivity index (χ2n) is 5.28. The van der Waals surface area contributed by atoms with Crippen molar-refractivity contribution in [3.05, 3.63) is 60.2 Å². The van der Waals surface area contributed by atoms with Crippen molar-refractivity contribution in [2.24, 2.45) is 0 Å². The van der Waals surface area contributed by atoms with Crippen LogP contribution in [0, 0.1) is 0 Å². The molecule has 0 spiro atoms. The van der Waals surface area contributed by atoms with Crippen LogP contribution in [0.2, 0.25) is 0 Å². The second-order valence-corrected chi connectivity index (χ2v) is 5.28. The van der Waals surface area contributed by atoms with Crippen LogP contribution in [0.3, 0.4) is 0 Å². The summed E-state index contributed by atoms with van der Waals surface area (Å²) in [4.78, 5) is 4.86. The first-order valence-corrected chi connectivity index (χ1v) is 6.74. The molecule has 4 rings (SSSR count). The normalized spacial score (nSPS) is 22.6. The predicted molar refractivity (Wildman–Crippen MR) is 92.6 cm³/mol. The first kappa shape index (κ1) is 16.0. The summed E-state index contributed by atoms with van der Waals surface area (Å²) in [6.07, 6.45) is 0.280. The first-order chi connectivity index (χ1) is 9.34. The number of benzene rings is 2. The Morgan fingerprint density at radius 3 is 2.38 bits per heavy atom. The molecule has 5 heteroatoms. The van der Waals surface area contributed by atoms with Gasteiger partial charge >= 0.3 is 0 Å². The molecule has 0 saturated carbocycles. The van der Waals surface area contributed by atoms with Gasteiger partial charge in [0.1, 0.15) is 0 Å². The molecular formula is C16H19Cl2N3. The molecule has 2 aromatic carbocycles. The van der Waals surface area contributed by atoms with Gasteiger partial charge in [0.25, 0.3) is 0 Å². The minimum Gasteiger partial charge on any atom is -0.351 e. The van der Waals surface area contributed by atoms with Crippen molar-refractivity contribution in [1.29, 1.82) is 0 Å². The summed E-state index contributed by atoms with van der Waals surface area (Å²) in [7, 11) is 2.20. The fourth-order valence-electron chi connectivity index (χ4n) is 3.22. The van der Waals surface area contributed by atoms with Gasteiger partial charge in [-0.05, 0) is 24.7 Å². The molecule has 0 amide bonds. The van der Waals surface area contributed by atoms with Gasteiger partial charge in [0.15, 0.2) is 6.29 Å². The maximum absolute atomic E-state index is 3.60. The molecule has 2 aliphatic heterocycles. The van der Waals surface area contributed by atoms with E-state index in [1.807, 2.05) is 0 Å². The quantitative estimate of drug-likeness (QED) is 0.862. The number of para-hydroxylation sites is 2. The number of anilines is 2. The van der Waals surface area contributed by atoms with E-state index in [1.165, 1.54) is 16.9 Å². The van der Waals surface area contributed by atoms with E-state index >= 15 is 0 Å². The van der Waals surface area contributed by atoms with Crippen LogP contribution in [0.15, 0.2) is 54.6 Å². The largest absolute Gasteiger partial charge is 0.351 e. The average molecular weight is 324 g/mol. The van der Waals surface area contributed by atoms with Crippen LogP contribution >= 0.6 is 24.8 Å².